The number of nitrogens with one attached hydrogen (secondary N) is 1. The highest BCUT2D eigenvalue weighted by molar-refractivity contribution is 6.34. The fraction of sp³-hybridized carbons (Fsp3) is 0.125. The van der Waals surface area contributed by atoms with Gasteiger partial charge < -0.3 is 0 Å². The standard InChI is InChI=1S/C24H20ClN3O/c25-20-13-7-12-19(23(29)14-6-11-18-10-4-5-15-26-18)24(20)22-16-21(27-28-22)17-8-2-1-3-9-17/h1-5,7-10,12-13,15-16H,6,11,14H2,(H,27,28). The quantitative estimate of drug-likeness (QED) is 0.386. The van der Waals surface area contributed by atoms with Crippen molar-refractivity contribution in [2.24, 2.45) is 0 Å². The average molecular weight is 402 g/mol. The van der Waals surface area contributed by atoms with Crippen molar-refractivity contribution in [1.29, 1.82) is 0 Å². The van der Waals surface area contributed by atoms with Gasteiger partial charge in [0.15, 0.2) is 5.78 Å². The van der Waals surface area contributed by atoms with Gasteiger partial charge in [-0.25, -0.2) is 0 Å². The summed E-state index contributed by atoms with van der Waals surface area (Å²) >= 11 is 6.48. The monoisotopic (exact) mass is 401 g/mol. The first-order valence-corrected chi connectivity index (χ1v) is 9.93. The molecular formula is C24H20ClN3O. The second-order valence-corrected chi connectivity index (χ2v) is 7.20. The van der Waals surface area contributed by atoms with Crippen molar-refractivity contribution in [1.82, 2.24) is 15.2 Å². The number of hydrogen-bond acceptors (Lipinski definition) is 3. The fourth-order valence-corrected chi connectivity index (χ4v) is 3.62. The van der Waals surface area contributed by atoms with Gasteiger partial charge in [0.1, 0.15) is 0 Å². The molecule has 0 amide bonds. The smallest absolute Gasteiger partial charge is 0.163 e. The minimum atomic E-state index is 0.0642. The molecule has 0 fully saturated rings. The Bertz CT molecular complexity index is 1110. The van der Waals surface area contributed by atoms with E-state index in [4.69, 9.17) is 11.6 Å². The van der Waals surface area contributed by atoms with E-state index in [0.29, 0.717) is 22.6 Å². The zero-order valence-electron chi connectivity index (χ0n) is 15.8. The molecule has 0 atom stereocenters. The van der Waals surface area contributed by atoms with Crippen molar-refractivity contribution >= 4 is 17.4 Å². The number of aromatic amines is 1. The SMILES string of the molecule is O=C(CCCc1ccccn1)c1cccc(Cl)c1-c1cc(-c2ccccc2)n[nH]1. The Hall–Kier alpha value is -3.24. The van der Waals surface area contributed by atoms with Crippen LogP contribution in [0.1, 0.15) is 28.9 Å². The maximum Gasteiger partial charge on any atom is 0.163 e. The lowest BCUT2D eigenvalue weighted by Gasteiger charge is -2.09. The van der Waals surface area contributed by atoms with Crippen LogP contribution in [-0.2, 0) is 6.42 Å². The van der Waals surface area contributed by atoms with E-state index in [2.05, 4.69) is 15.2 Å². The van der Waals surface area contributed by atoms with E-state index in [-0.39, 0.29) is 5.78 Å². The van der Waals surface area contributed by atoms with Crippen LogP contribution in [0.3, 0.4) is 0 Å². The van der Waals surface area contributed by atoms with Crippen molar-refractivity contribution in [2.75, 3.05) is 0 Å². The summed E-state index contributed by atoms with van der Waals surface area (Å²) in [6, 6.07) is 23.1. The normalized spacial score (nSPS) is 10.8. The minimum Gasteiger partial charge on any atom is -0.294 e. The molecule has 144 valence electrons. The number of aryl methyl sites for hydroxylation is 1. The lowest BCUT2D eigenvalue weighted by Crippen LogP contribution is -2.03. The summed E-state index contributed by atoms with van der Waals surface area (Å²) in [5.41, 5.74) is 4.86. The van der Waals surface area contributed by atoms with Crippen LogP contribution < -0.4 is 0 Å². The number of aromatic nitrogens is 3. The largest absolute Gasteiger partial charge is 0.294 e. The van der Waals surface area contributed by atoms with Crippen molar-refractivity contribution in [3.05, 3.63) is 95.3 Å². The molecule has 0 aliphatic carbocycles. The number of benzene rings is 2. The van der Waals surface area contributed by atoms with E-state index in [1.165, 1.54) is 0 Å². The Labute approximate surface area is 174 Å². The number of nitrogens with zero attached hydrogens (tertiary/aromatic N) is 2. The first-order valence-electron chi connectivity index (χ1n) is 9.55. The molecule has 2 aromatic heterocycles. The number of ketones is 1. The van der Waals surface area contributed by atoms with E-state index in [0.717, 1.165) is 35.5 Å². The number of carbonyl (C=O) groups excluding carboxylic acids is 1. The van der Waals surface area contributed by atoms with Crippen LogP contribution >= 0.6 is 11.6 Å². The molecule has 2 aromatic carbocycles. The molecule has 5 heteroatoms. The third-order valence-corrected chi connectivity index (χ3v) is 5.11. The van der Waals surface area contributed by atoms with Gasteiger partial charge in [-0.1, -0.05) is 60.1 Å². The Kier molecular flexibility index (Phi) is 5.82. The van der Waals surface area contributed by atoms with Gasteiger partial charge in [0, 0.05) is 35.0 Å². The molecule has 0 saturated heterocycles. The molecule has 2 heterocycles. The number of pyridine rings is 1. The zero-order valence-corrected chi connectivity index (χ0v) is 16.6. The molecule has 4 nitrogen and oxygen atoms in total. The van der Waals surface area contributed by atoms with Crippen LogP contribution in [-0.4, -0.2) is 21.0 Å². The molecule has 29 heavy (non-hydrogen) atoms. The fourth-order valence-electron chi connectivity index (χ4n) is 3.35. The summed E-state index contributed by atoms with van der Waals surface area (Å²) in [5, 5.41) is 7.98. The Morgan fingerprint density at radius 1 is 0.966 bits per heavy atom. The third kappa shape index (κ3) is 4.44. The lowest BCUT2D eigenvalue weighted by molar-refractivity contribution is 0.0980. The van der Waals surface area contributed by atoms with Crippen LogP contribution in [0.2, 0.25) is 5.02 Å². The van der Waals surface area contributed by atoms with Gasteiger partial charge in [-0.05, 0) is 37.1 Å². The van der Waals surface area contributed by atoms with Crippen LogP contribution in [0.5, 0.6) is 0 Å². The van der Waals surface area contributed by atoms with Gasteiger partial charge in [0.25, 0.3) is 0 Å². The average Bonchev–Trinajstić information content (AvgIpc) is 3.24. The Morgan fingerprint density at radius 2 is 1.79 bits per heavy atom. The van der Waals surface area contributed by atoms with Gasteiger partial charge in [-0.2, -0.15) is 5.10 Å². The maximum atomic E-state index is 12.9. The van der Waals surface area contributed by atoms with Crippen molar-refractivity contribution < 1.29 is 4.79 Å². The van der Waals surface area contributed by atoms with Gasteiger partial charge in [0.05, 0.1) is 16.4 Å². The molecule has 0 aliphatic rings. The van der Waals surface area contributed by atoms with Gasteiger partial charge >= 0.3 is 0 Å². The lowest BCUT2D eigenvalue weighted by atomic mass is 9.97. The van der Waals surface area contributed by atoms with Crippen molar-refractivity contribution in [3.8, 4) is 22.5 Å². The number of carbonyl (C=O) groups is 1. The zero-order chi connectivity index (χ0) is 20.1. The molecule has 0 aliphatic heterocycles. The predicted octanol–water partition coefficient (Wildman–Crippen LogP) is 6.00. The highest BCUT2D eigenvalue weighted by atomic mass is 35.5. The van der Waals surface area contributed by atoms with Gasteiger partial charge in [0.2, 0.25) is 0 Å². The molecule has 0 unspecified atom stereocenters. The third-order valence-electron chi connectivity index (χ3n) is 4.79. The topological polar surface area (TPSA) is 58.6 Å². The molecule has 4 rings (SSSR count). The Balaban J connectivity index is 1.56. The van der Waals surface area contributed by atoms with E-state index in [9.17, 15) is 4.79 Å². The summed E-state index contributed by atoms with van der Waals surface area (Å²) < 4.78 is 0. The summed E-state index contributed by atoms with van der Waals surface area (Å²) in [4.78, 5) is 17.3. The summed E-state index contributed by atoms with van der Waals surface area (Å²) in [6.45, 7) is 0. The maximum absolute atomic E-state index is 12.9. The second kappa shape index (κ2) is 8.84. The summed E-state index contributed by atoms with van der Waals surface area (Å²) in [6.07, 6.45) is 3.71. The molecule has 4 aromatic rings. The molecule has 0 saturated carbocycles. The van der Waals surface area contributed by atoms with E-state index in [1.807, 2.05) is 66.7 Å². The second-order valence-electron chi connectivity index (χ2n) is 6.79. The number of hydrogen-bond donors (Lipinski definition) is 1. The van der Waals surface area contributed by atoms with Crippen LogP contribution in [0.25, 0.3) is 22.5 Å². The van der Waals surface area contributed by atoms with Gasteiger partial charge in [-0.15, -0.1) is 0 Å². The van der Waals surface area contributed by atoms with Crippen LogP contribution in [0, 0.1) is 0 Å². The van der Waals surface area contributed by atoms with Crippen molar-refractivity contribution in [2.45, 2.75) is 19.3 Å². The van der Waals surface area contributed by atoms with E-state index < -0.39 is 0 Å². The first kappa shape index (κ1) is 19.1. The number of rotatable bonds is 7. The van der Waals surface area contributed by atoms with Gasteiger partial charge in [-0.3, -0.25) is 14.9 Å². The van der Waals surface area contributed by atoms with Crippen LogP contribution in [0.15, 0.2) is 79.0 Å². The summed E-state index contributed by atoms with van der Waals surface area (Å²) in [5.74, 6) is 0.0642. The molecule has 0 bridgehead atoms. The van der Waals surface area contributed by atoms with E-state index in [1.54, 1.807) is 12.3 Å². The molecular weight excluding hydrogens is 382 g/mol. The number of halogens is 1. The molecule has 0 spiro atoms. The van der Waals surface area contributed by atoms with Crippen molar-refractivity contribution in [3.63, 3.8) is 0 Å². The highest BCUT2D eigenvalue weighted by Gasteiger charge is 2.18. The first-order chi connectivity index (χ1) is 14.2. The number of H-pyrrole nitrogens is 1. The number of Topliss-reactive ketones (excluding diaryl/α,β-unsaturated/α-hetero) is 1. The summed E-state index contributed by atoms with van der Waals surface area (Å²) in [7, 11) is 0. The Morgan fingerprint density at radius 3 is 2.59 bits per heavy atom. The molecule has 1 N–H and O–H groups in total. The van der Waals surface area contributed by atoms with Crippen LogP contribution in [0.4, 0.5) is 0 Å². The minimum absolute atomic E-state index is 0.0642. The van der Waals surface area contributed by atoms with E-state index >= 15 is 0 Å². The predicted molar refractivity (Wildman–Crippen MR) is 116 cm³/mol. The molecule has 0 radical (unpaired) electrons. The highest BCUT2D eigenvalue weighted by Crippen LogP contribution is 2.33.